The maximum atomic E-state index is 13.9. The molecule has 5 rings (SSSR count). The molecule has 5 heteroatoms. The molecule has 1 unspecified atom stereocenters. The number of carboxylic acid groups (broad SMARTS) is 1. The van der Waals surface area contributed by atoms with Crippen LogP contribution in [0.4, 0.5) is 4.39 Å². The SMILES string of the molecule is CC(Oc1cc(C(=O)[O-])ccc1F)OC1C2CC3CC(C2)CC1C3. The number of benzene rings is 1. The summed E-state index contributed by atoms with van der Waals surface area (Å²) < 4.78 is 25.6. The van der Waals surface area contributed by atoms with Gasteiger partial charge in [-0.05, 0) is 80.9 Å². The Balaban J connectivity index is 1.43. The van der Waals surface area contributed by atoms with Crippen molar-refractivity contribution in [3.63, 3.8) is 0 Å². The van der Waals surface area contributed by atoms with Gasteiger partial charge in [0.25, 0.3) is 0 Å². The van der Waals surface area contributed by atoms with Gasteiger partial charge in [0.15, 0.2) is 17.9 Å². The lowest BCUT2D eigenvalue weighted by Crippen LogP contribution is -2.50. The normalized spacial score (nSPS) is 35.0. The number of carbonyl (C=O) groups is 1. The lowest BCUT2D eigenvalue weighted by Gasteiger charge is -2.54. The third-order valence-corrected chi connectivity index (χ3v) is 5.95. The van der Waals surface area contributed by atoms with E-state index in [-0.39, 0.29) is 17.4 Å². The van der Waals surface area contributed by atoms with Gasteiger partial charge in [0, 0.05) is 5.56 Å². The molecular weight excluding hydrogens is 311 g/mol. The van der Waals surface area contributed by atoms with Crippen molar-refractivity contribution in [2.75, 3.05) is 0 Å². The van der Waals surface area contributed by atoms with E-state index >= 15 is 0 Å². The summed E-state index contributed by atoms with van der Waals surface area (Å²) in [6.45, 7) is 1.75. The Bertz CT molecular complexity index is 616. The lowest BCUT2D eigenvalue weighted by atomic mass is 9.55. The fraction of sp³-hybridized carbons (Fsp3) is 0.632. The smallest absolute Gasteiger partial charge is 0.197 e. The maximum Gasteiger partial charge on any atom is 0.197 e. The molecule has 4 saturated carbocycles. The van der Waals surface area contributed by atoms with Crippen LogP contribution in [-0.2, 0) is 4.74 Å². The van der Waals surface area contributed by atoms with Crippen molar-refractivity contribution >= 4 is 5.97 Å². The topological polar surface area (TPSA) is 58.6 Å². The second kappa shape index (κ2) is 6.03. The Morgan fingerprint density at radius 3 is 2.38 bits per heavy atom. The second-order valence-electron chi connectivity index (χ2n) is 7.65. The number of carbonyl (C=O) groups excluding carboxylic acids is 1. The summed E-state index contributed by atoms with van der Waals surface area (Å²) in [4.78, 5) is 10.9. The van der Waals surface area contributed by atoms with Crippen LogP contribution in [0.1, 0.15) is 49.4 Å². The van der Waals surface area contributed by atoms with Gasteiger partial charge in [-0.1, -0.05) is 0 Å². The standard InChI is InChI=1S/C19H23FO4/c1-10(23-17-9-13(19(21)22)2-3-16(17)20)24-18-14-5-11-4-12(7-14)8-15(18)6-11/h2-3,9-12,14-15,18H,4-8H2,1H3,(H,21,22)/p-1. The summed E-state index contributed by atoms with van der Waals surface area (Å²) >= 11 is 0. The summed E-state index contributed by atoms with van der Waals surface area (Å²) in [5, 5.41) is 10.9. The zero-order valence-electron chi connectivity index (χ0n) is 13.7. The van der Waals surface area contributed by atoms with E-state index in [4.69, 9.17) is 9.47 Å². The first kappa shape index (κ1) is 15.9. The van der Waals surface area contributed by atoms with Gasteiger partial charge in [-0.2, -0.15) is 0 Å². The highest BCUT2D eigenvalue weighted by molar-refractivity contribution is 5.86. The highest BCUT2D eigenvalue weighted by atomic mass is 19.1. The summed E-state index contributed by atoms with van der Waals surface area (Å²) in [5.41, 5.74) is -0.103. The molecule has 0 N–H and O–H groups in total. The number of ether oxygens (including phenoxy) is 2. The van der Waals surface area contributed by atoms with Crippen molar-refractivity contribution in [3.8, 4) is 5.75 Å². The molecule has 0 radical (unpaired) electrons. The van der Waals surface area contributed by atoms with Crippen molar-refractivity contribution in [1.29, 1.82) is 0 Å². The van der Waals surface area contributed by atoms with E-state index in [0.29, 0.717) is 11.8 Å². The van der Waals surface area contributed by atoms with Crippen LogP contribution in [0.25, 0.3) is 0 Å². The van der Waals surface area contributed by atoms with E-state index in [9.17, 15) is 14.3 Å². The van der Waals surface area contributed by atoms with E-state index in [2.05, 4.69) is 0 Å². The number of aromatic carboxylic acids is 1. The molecule has 0 amide bonds. The van der Waals surface area contributed by atoms with Crippen LogP contribution < -0.4 is 9.84 Å². The molecule has 24 heavy (non-hydrogen) atoms. The molecule has 1 atom stereocenters. The fourth-order valence-electron chi connectivity index (χ4n) is 5.25. The van der Waals surface area contributed by atoms with Crippen LogP contribution in [0.15, 0.2) is 18.2 Å². The molecular formula is C19H22FO4-. The highest BCUT2D eigenvalue weighted by Crippen LogP contribution is 2.54. The average Bonchev–Trinajstić information content (AvgIpc) is 2.52. The van der Waals surface area contributed by atoms with Crippen molar-refractivity contribution in [1.82, 2.24) is 0 Å². The first-order valence-corrected chi connectivity index (χ1v) is 8.82. The Hall–Kier alpha value is -1.62. The third kappa shape index (κ3) is 2.90. The van der Waals surface area contributed by atoms with Crippen LogP contribution in [0, 0.1) is 29.5 Å². The predicted molar refractivity (Wildman–Crippen MR) is 82.7 cm³/mol. The van der Waals surface area contributed by atoms with Crippen LogP contribution >= 0.6 is 0 Å². The van der Waals surface area contributed by atoms with Gasteiger partial charge in [-0.3, -0.25) is 0 Å². The minimum absolute atomic E-state index is 0.103. The largest absolute Gasteiger partial charge is 0.545 e. The highest BCUT2D eigenvalue weighted by Gasteiger charge is 2.49. The summed E-state index contributed by atoms with van der Waals surface area (Å²) in [5.74, 6) is 0.850. The van der Waals surface area contributed by atoms with Crippen molar-refractivity contribution in [2.45, 2.75) is 51.4 Å². The first-order chi connectivity index (χ1) is 11.5. The Kier molecular flexibility index (Phi) is 3.99. The number of carboxylic acids is 1. The molecule has 130 valence electrons. The molecule has 0 heterocycles. The Labute approximate surface area is 141 Å². The van der Waals surface area contributed by atoms with E-state index in [1.165, 1.54) is 38.2 Å². The van der Waals surface area contributed by atoms with Gasteiger partial charge < -0.3 is 19.4 Å². The monoisotopic (exact) mass is 333 g/mol. The molecule has 0 saturated heterocycles. The zero-order chi connectivity index (χ0) is 16.8. The number of halogens is 1. The van der Waals surface area contributed by atoms with Crippen LogP contribution in [-0.4, -0.2) is 18.4 Å². The third-order valence-electron chi connectivity index (χ3n) is 5.95. The molecule has 0 aliphatic heterocycles. The molecule has 4 aliphatic carbocycles. The number of hydrogen-bond acceptors (Lipinski definition) is 4. The lowest BCUT2D eigenvalue weighted by molar-refractivity contribution is -0.255. The number of rotatable bonds is 5. The second-order valence-corrected chi connectivity index (χ2v) is 7.65. The summed E-state index contributed by atoms with van der Waals surface area (Å²) in [7, 11) is 0. The molecule has 0 spiro atoms. The maximum absolute atomic E-state index is 13.9. The molecule has 4 bridgehead atoms. The summed E-state index contributed by atoms with van der Waals surface area (Å²) in [6.07, 6.45) is 5.89. The quantitative estimate of drug-likeness (QED) is 0.778. The van der Waals surface area contributed by atoms with E-state index in [1.54, 1.807) is 6.92 Å². The van der Waals surface area contributed by atoms with E-state index in [1.807, 2.05) is 0 Å². The zero-order valence-corrected chi connectivity index (χ0v) is 13.7. The minimum atomic E-state index is -1.35. The Morgan fingerprint density at radius 1 is 1.17 bits per heavy atom. The van der Waals surface area contributed by atoms with Gasteiger partial charge >= 0.3 is 0 Å². The van der Waals surface area contributed by atoms with Gasteiger partial charge in [0.05, 0.1) is 12.1 Å². The van der Waals surface area contributed by atoms with Gasteiger partial charge in [0.2, 0.25) is 0 Å². The fourth-order valence-corrected chi connectivity index (χ4v) is 5.25. The average molecular weight is 333 g/mol. The first-order valence-electron chi connectivity index (χ1n) is 8.82. The molecule has 4 nitrogen and oxygen atoms in total. The molecule has 1 aromatic rings. The molecule has 0 aromatic heterocycles. The van der Waals surface area contributed by atoms with Crippen molar-refractivity contribution in [3.05, 3.63) is 29.6 Å². The van der Waals surface area contributed by atoms with E-state index < -0.39 is 18.1 Å². The minimum Gasteiger partial charge on any atom is -0.545 e. The molecule has 1 aromatic carbocycles. The van der Waals surface area contributed by atoms with Gasteiger partial charge in [0.1, 0.15) is 0 Å². The number of hydrogen-bond donors (Lipinski definition) is 0. The van der Waals surface area contributed by atoms with Crippen molar-refractivity contribution in [2.24, 2.45) is 23.7 Å². The van der Waals surface area contributed by atoms with Crippen LogP contribution in [0.2, 0.25) is 0 Å². The van der Waals surface area contributed by atoms with Crippen LogP contribution in [0.3, 0.4) is 0 Å². The van der Waals surface area contributed by atoms with Crippen molar-refractivity contribution < 1.29 is 23.8 Å². The molecule has 4 aliphatic rings. The van der Waals surface area contributed by atoms with Gasteiger partial charge in [-0.15, -0.1) is 0 Å². The summed E-state index contributed by atoms with van der Waals surface area (Å²) in [6, 6.07) is 3.40. The molecule has 4 fully saturated rings. The predicted octanol–water partition coefficient (Wildman–Crippen LogP) is 2.76. The Morgan fingerprint density at radius 2 is 1.79 bits per heavy atom. The van der Waals surface area contributed by atoms with E-state index in [0.717, 1.165) is 24.0 Å². The van der Waals surface area contributed by atoms with Gasteiger partial charge in [-0.25, -0.2) is 4.39 Å². The van der Waals surface area contributed by atoms with Crippen LogP contribution in [0.5, 0.6) is 5.75 Å².